The summed E-state index contributed by atoms with van der Waals surface area (Å²) >= 11 is 0. The molecule has 0 radical (unpaired) electrons. The summed E-state index contributed by atoms with van der Waals surface area (Å²) in [7, 11) is 1.72. The topological polar surface area (TPSA) is 68.8 Å². The van der Waals surface area contributed by atoms with Gasteiger partial charge in [0.15, 0.2) is 5.96 Å². The third kappa shape index (κ3) is 6.64. The largest absolute Gasteiger partial charge is 0.371 e. The van der Waals surface area contributed by atoms with Crippen molar-refractivity contribution in [3.05, 3.63) is 30.3 Å². The molecule has 3 N–H and O–H groups in total. The van der Waals surface area contributed by atoms with E-state index < -0.39 is 0 Å². The summed E-state index contributed by atoms with van der Waals surface area (Å²) in [4.78, 5) is 18.5. The summed E-state index contributed by atoms with van der Waals surface area (Å²) in [5.74, 6) is 1.20. The fourth-order valence-corrected chi connectivity index (χ4v) is 2.96. The van der Waals surface area contributed by atoms with Gasteiger partial charge in [0.05, 0.1) is 6.54 Å². The van der Waals surface area contributed by atoms with Crippen LogP contribution in [0, 0.1) is 5.92 Å². The fraction of sp³-hybridized carbons (Fsp3) is 0.579. The molecule has 1 aliphatic rings. The van der Waals surface area contributed by atoms with Crippen LogP contribution in [0.5, 0.6) is 0 Å². The normalized spacial score (nSPS) is 18.2. The molecule has 6 heteroatoms. The molecule has 1 saturated heterocycles. The second-order valence-electron chi connectivity index (χ2n) is 7.54. The quantitative estimate of drug-likeness (QED) is 0.560. The van der Waals surface area contributed by atoms with E-state index in [1.54, 1.807) is 7.05 Å². The first-order valence-electron chi connectivity index (χ1n) is 8.93. The van der Waals surface area contributed by atoms with Crippen molar-refractivity contribution in [2.24, 2.45) is 10.9 Å². The maximum absolute atomic E-state index is 11.9. The molecule has 0 aliphatic carbocycles. The van der Waals surface area contributed by atoms with E-state index in [-0.39, 0.29) is 18.0 Å². The number of aliphatic imine (C=N–C) groups is 1. The highest BCUT2D eigenvalue weighted by Crippen LogP contribution is 2.22. The number of benzene rings is 1. The molecule has 1 heterocycles. The lowest BCUT2D eigenvalue weighted by molar-refractivity contribution is -0.121. The van der Waals surface area contributed by atoms with Crippen molar-refractivity contribution >= 4 is 17.6 Å². The number of hydrogen-bond donors (Lipinski definition) is 3. The second kappa shape index (κ2) is 8.74. The number of carbonyl (C=O) groups is 1. The fourth-order valence-electron chi connectivity index (χ4n) is 2.96. The van der Waals surface area contributed by atoms with Crippen LogP contribution in [0.3, 0.4) is 0 Å². The third-order valence-electron chi connectivity index (χ3n) is 4.12. The van der Waals surface area contributed by atoms with E-state index in [2.05, 4.69) is 50.1 Å². The number of guanidine groups is 1. The van der Waals surface area contributed by atoms with E-state index in [0.29, 0.717) is 11.9 Å². The van der Waals surface area contributed by atoms with Crippen LogP contribution in [-0.2, 0) is 4.79 Å². The summed E-state index contributed by atoms with van der Waals surface area (Å²) in [6, 6.07) is 10.5. The maximum Gasteiger partial charge on any atom is 0.239 e. The van der Waals surface area contributed by atoms with Gasteiger partial charge in [0.25, 0.3) is 0 Å². The minimum Gasteiger partial charge on any atom is -0.371 e. The Bertz CT molecular complexity index is 579. The molecule has 1 aromatic rings. The molecule has 0 bridgehead atoms. The van der Waals surface area contributed by atoms with Crippen LogP contribution in [0.4, 0.5) is 5.69 Å². The Balaban J connectivity index is 1.72. The number of anilines is 1. The zero-order valence-corrected chi connectivity index (χ0v) is 15.8. The highest BCUT2D eigenvalue weighted by Gasteiger charge is 2.22. The van der Waals surface area contributed by atoms with Crippen molar-refractivity contribution in [2.45, 2.75) is 32.7 Å². The first-order valence-corrected chi connectivity index (χ1v) is 8.93. The summed E-state index contributed by atoms with van der Waals surface area (Å²) in [6.07, 6.45) is 1.16. The number of rotatable bonds is 5. The standard InChI is InChI=1S/C19H31N5O/c1-19(2,3)23-17(25)13-22-18(20-4)21-12-15-10-11-24(14-15)16-8-6-5-7-9-16/h5-9,15H,10-14H2,1-4H3,(H,23,25)(H2,20,21,22). The van der Waals surface area contributed by atoms with Gasteiger partial charge in [0.1, 0.15) is 0 Å². The van der Waals surface area contributed by atoms with Crippen molar-refractivity contribution < 1.29 is 4.79 Å². The van der Waals surface area contributed by atoms with Gasteiger partial charge in [0, 0.05) is 37.9 Å². The maximum atomic E-state index is 11.9. The Morgan fingerprint density at radius 2 is 1.96 bits per heavy atom. The van der Waals surface area contributed by atoms with Crippen LogP contribution in [0.2, 0.25) is 0 Å². The molecule has 0 aromatic heterocycles. The van der Waals surface area contributed by atoms with E-state index in [9.17, 15) is 4.79 Å². The molecule has 0 saturated carbocycles. The molecule has 1 aromatic carbocycles. The van der Waals surface area contributed by atoms with Crippen LogP contribution < -0.4 is 20.9 Å². The van der Waals surface area contributed by atoms with E-state index in [1.807, 2.05) is 26.8 Å². The van der Waals surface area contributed by atoms with E-state index >= 15 is 0 Å². The van der Waals surface area contributed by atoms with Crippen LogP contribution >= 0.6 is 0 Å². The number of hydrogen-bond acceptors (Lipinski definition) is 3. The lowest BCUT2D eigenvalue weighted by atomic mass is 10.1. The zero-order chi connectivity index (χ0) is 18.3. The Morgan fingerprint density at radius 1 is 1.24 bits per heavy atom. The lowest BCUT2D eigenvalue weighted by Crippen LogP contribution is -2.48. The van der Waals surface area contributed by atoms with E-state index in [0.717, 1.165) is 26.1 Å². The van der Waals surface area contributed by atoms with Crippen molar-refractivity contribution in [3.63, 3.8) is 0 Å². The molecule has 2 rings (SSSR count). The first kappa shape index (κ1) is 19.1. The average Bonchev–Trinajstić information content (AvgIpc) is 3.03. The minimum atomic E-state index is -0.222. The highest BCUT2D eigenvalue weighted by atomic mass is 16.2. The minimum absolute atomic E-state index is 0.0356. The van der Waals surface area contributed by atoms with Crippen molar-refractivity contribution in [3.8, 4) is 0 Å². The zero-order valence-electron chi connectivity index (χ0n) is 15.8. The first-order chi connectivity index (χ1) is 11.9. The number of carbonyl (C=O) groups excluding carboxylic acids is 1. The second-order valence-corrected chi connectivity index (χ2v) is 7.54. The lowest BCUT2D eigenvalue weighted by Gasteiger charge is -2.21. The summed E-state index contributed by atoms with van der Waals surface area (Å²) in [6.45, 7) is 9.10. The molecule has 138 valence electrons. The van der Waals surface area contributed by atoms with Crippen LogP contribution in [0.1, 0.15) is 27.2 Å². The summed E-state index contributed by atoms with van der Waals surface area (Å²) in [5, 5.41) is 9.33. The third-order valence-corrected chi connectivity index (χ3v) is 4.12. The van der Waals surface area contributed by atoms with Gasteiger partial charge in [-0.15, -0.1) is 0 Å². The molecular formula is C19H31N5O. The van der Waals surface area contributed by atoms with Gasteiger partial charge in [-0.2, -0.15) is 0 Å². The number of amides is 1. The molecule has 1 atom stereocenters. The Morgan fingerprint density at radius 3 is 2.60 bits per heavy atom. The SMILES string of the molecule is CN=C(NCC(=O)NC(C)(C)C)NCC1CCN(c2ccccc2)C1. The number of para-hydroxylation sites is 1. The van der Waals surface area contributed by atoms with E-state index in [4.69, 9.17) is 0 Å². The van der Waals surface area contributed by atoms with Gasteiger partial charge in [-0.05, 0) is 45.2 Å². The Labute approximate surface area is 151 Å². The molecule has 1 fully saturated rings. The van der Waals surface area contributed by atoms with E-state index in [1.165, 1.54) is 5.69 Å². The van der Waals surface area contributed by atoms with Crippen LogP contribution in [-0.4, -0.2) is 50.6 Å². The average molecular weight is 345 g/mol. The predicted octanol–water partition coefficient (Wildman–Crippen LogP) is 1.59. The van der Waals surface area contributed by atoms with Gasteiger partial charge in [-0.1, -0.05) is 18.2 Å². The van der Waals surface area contributed by atoms with Crippen molar-refractivity contribution in [2.75, 3.05) is 38.1 Å². The molecule has 6 nitrogen and oxygen atoms in total. The van der Waals surface area contributed by atoms with Gasteiger partial charge in [-0.3, -0.25) is 9.79 Å². The van der Waals surface area contributed by atoms with Gasteiger partial charge < -0.3 is 20.9 Å². The summed E-state index contributed by atoms with van der Waals surface area (Å²) in [5.41, 5.74) is 1.06. The highest BCUT2D eigenvalue weighted by molar-refractivity contribution is 5.86. The van der Waals surface area contributed by atoms with Crippen LogP contribution in [0.25, 0.3) is 0 Å². The number of nitrogens with zero attached hydrogens (tertiary/aromatic N) is 2. The van der Waals surface area contributed by atoms with Gasteiger partial charge in [-0.25, -0.2) is 0 Å². The van der Waals surface area contributed by atoms with Gasteiger partial charge in [0.2, 0.25) is 5.91 Å². The molecule has 1 unspecified atom stereocenters. The van der Waals surface area contributed by atoms with Crippen molar-refractivity contribution in [1.29, 1.82) is 0 Å². The van der Waals surface area contributed by atoms with Crippen molar-refractivity contribution in [1.82, 2.24) is 16.0 Å². The molecular weight excluding hydrogens is 314 g/mol. The Kier molecular flexibility index (Phi) is 6.67. The monoisotopic (exact) mass is 345 g/mol. The smallest absolute Gasteiger partial charge is 0.239 e. The predicted molar refractivity (Wildman–Crippen MR) is 104 cm³/mol. The molecule has 25 heavy (non-hydrogen) atoms. The number of nitrogens with one attached hydrogen (secondary N) is 3. The molecule has 0 spiro atoms. The molecule has 1 aliphatic heterocycles. The van der Waals surface area contributed by atoms with Crippen LogP contribution in [0.15, 0.2) is 35.3 Å². The van der Waals surface area contributed by atoms with Gasteiger partial charge >= 0.3 is 0 Å². The Hall–Kier alpha value is -2.24. The summed E-state index contributed by atoms with van der Waals surface area (Å²) < 4.78 is 0. The molecule has 1 amide bonds.